The standard InChI is InChI=1S/C17H19BrFN/c1-12(10-14-6-4-3-5-7-14)20-13(2)16-9-8-15(18)11-17(16)19/h3-9,11-13,20H,10H2,1-2H3. The van der Waals surface area contributed by atoms with Crippen LogP contribution in [0.4, 0.5) is 4.39 Å². The molecular weight excluding hydrogens is 317 g/mol. The molecule has 1 N–H and O–H groups in total. The van der Waals surface area contributed by atoms with E-state index < -0.39 is 0 Å². The van der Waals surface area contributed by atoms with Crippen LogP contribution >= 0.6 is 15.9 Å². The van der Waals surface area contributed by atoms with Crippen LogP contribution in [0.5, 0.6) is 0 Å². The Morgan fingerprint density at radius 3 is 2.45 bits per heavy atom. The van der Waals surface area contributed by atoms with Crippen molar-refractivity contribution in [2.24, 2.45) is 0 Å². The van der Waals surface area contributed by atoms with Gasteiger partial charge < -0.3 is 5.32 Å². The Morgan fingerprint density at radius 2 is 1.80 bits per heavy atom. The highest BCUT2D eigenvalue weighted by molar-refractivity contribution is 9.10. The van der Waals surface area contributed by atoms with Crippen LogP contribution in [0.3, 0.4) is 0 Å². The van der Waals surface area contributed by atoms with E-state index in [2.05, 4.69) is 40.3 Å². The lowest BCUT2D eigenvalue weighted by Gasteiger charge is -2.21. The third-order valence-electron chi connectivity index (χ3n) is 3.35. The second kappa shape index (κ2) is 7.00. The van der Waals surface area contributed by atoms with E-state index in [0.717, 1.165) is 10.9 Å². The van der Waals surface area contributed by atoms with Gasteiger partial charge in [-0.3, -0.25) is 0 Å². The molecule has 0 heterocycles. The lowest BCUT2D eigenvalue weighted by atomic mass is 10.0. The molecule has 0 aliphatic heterocycles. The van der Waals surface area contributed by atoms with Gasteiger partial charge in [-0.15, -0.1) is 0 Å². The van der Waals surface area contributed by atoms with Crippen molar-refractivity contribution in [3.05, 3.63) is 69.9 Å². The van der Waals surface area contributed by atoms with Crippen molar-refractivity contribution in [1.82, 2.24) is 5.32 Å². The molecule has 2 aromatic carbocycles. The molecule has 0 radical (unpaired) electrons. The summed E-state index contributed by atoms with van der Waals surface area (Å²) in [4.78, 5) is 0. The van der Waals surface area contributed by atoms with Crippen molar-refractivity contribution in [1.29, 1.82) is 0 Å². The van der Waals surface area contributed by atoms with Gasteiger partial charge >= 0.3 is 0 Å². The predicted octanol–water partition coefficient (Wildman–Crippen LogP) is 4.87. The highest BCUT2D eigenvalue weighted by Gasteiger charge is 2.13. The first-order valence-electron chi connectivity index (χ1n) is 6.81. The molecule has 0 aliphatic rings. The maximum Gasteiger partial charge on any atom is 0.129 e. The number of nitrogens with one attached hydrogen (secondary N) is 1. The van der Waals surface area contributed by atoms with Crippen molar-refractivity contribution in [2.75, 3.05) is 0 Å². The SMILES string of the molecule is CC(Cc1ccccc1)NC(C)c1ccc(Br)cc1F. The van der Waals surface area contributed by atoms with Crippen LogP contribution in [0.1, 0.15) is 31.0 Å². The average Bonchev–Trinajstić information content (AvgIpc) is 2.39. The van der Waals surface area contributed by atoms with Gasteiger partial charge in [0, 0.05) is 22.1 Å². The summed E-state index contributed by atoms with van der Waals surface area (Å²) in [6.07, 6.45) is 0.934. The van der Waals surface area contributed by atoms with Gasteiger partial charge in [0.1, 0.15) is 5.82 Å². The van der Waals surface area contributed by atoms with E-state index in [4.69, 9.17) is 0 Å². The molecule has 1 nitrogen and oxygen atoms in total. The van der Waals surface area contributed by atoms with Gasteiger partial charge in [0.2, 0.25) is 0 Å². The third-order valence-corrected chi connectivity index (χ3v) is 3.84. The van der Waals surface area contributed by atoms with E-state index in [1.165, 1.54) is 11.6 Å². The molecule has 0 aliphatic carbocycles. The third kappa shape index (κ3) is 4.15. The molecule has 20 heavy (non-hydrogen) atoms. The molecule has 3 heteroatoms. The highest BCUT2D eigenvalue weighted by Crippen LogP contribution is 2.21. The normalized spacial score (nSPS) is 14.0. The molecule has 2 aromatic rings. The molecular formula is C17H19BrFN. The van der Waals surface area contributed by atoms with E-state index in [0.29, 0.717) is 5.56 Å². The number of halogens is 2. The van der Waals surface area contributed by atoms with Crippen LogP contribution in [0.2, 0.25) is 0 Å². The van der Waals surface area contributed by atoms with E-state index in [-0.39, 0.29) is 17.9 Å². The van der Waals surface area contributed by atoms with Crippen LogP contribution in [-0.2, 0) is 6.42 Å². The van der Waals surface area contributed by atoms with Gasteiger partial charge in [0.15, 0.2) is 0 Å². The highest BCUT2D eigenvalue weighted by atomic mass is 79.9. The minimum Gasteiger partial charge on any atom is -0.307 e. The van der Waals surface area contributed by atoms with Crippen LogP contribution in [0.15, 0.2) is 53.0 Å². The van der Waals surface area contributed by atoms with Gasteiger partial charge in [-0.25, -0.2) is 4.39 Å². The summed E-state index contributed by atoms with van der Waals surface area (Å²) in [5, 5.41) is 3.45. The molecule has 2 atom stereocenters. The molecule has 0 saturated heterocycles. The average molecular weight is 336 g/mol. The largest absolute Gasteiger partial charge is 0.307 e. The van der Waals surface area contributed by atoms with Crippen molar-refractivity contribution >= 4 is 15.9 Å². The second-order valence-electron chi connectivity index (χ2n) is 5.14. The molecule has 0 spiro atoms. The number of benzene rings is 2. The Bertz CT molecular complexity index is 556. The first kappa shape index (κ1) is 15.2. The van der Waals surface area contributed by atoms with E-state index in [1.54, 1.807) is 0 Å². The van der Waals surface area contributed by atoms with Gasteiger partial charge in [0.25, 0.3) is 0 Å². The molecule has 0 bridgehead atoms. The van der Waals surface area contributed by atoms with Crippen LogP contribution < -0.4 is 5.32 Å². The summed E-state index contributed by atoms with van der Waals surface area (Å²) in [5.74, 6) is -0.175. The monoisotopic (exact) mass is 335 g/mol. The molecule has 2 unspecified atom stereocenters. The Hall–Kier alpha value is -1.19. The Labute approximate surface area is 128 Å². The predicted molar refractivity (Wildman–Crippen MR) is 85.3 cm³/mol. The smallest absolute Gasteiger partial charge is 0.129 e. The molecule has 2 rings (SSSR count). The number of rotatable bonds is 5. The lowest BCUT2D eigenvalue weighted by Crippen LogP contribution is -2.31. The Kier molecular flexibility index (Phi) is 5.32. The molecule has 0 fully saturated rings. The molecule has 0 saturated carbocycles. The zero-order chi connectivity index (χ0) is 14.5. The lowest BCUT2D eigenvalue weighted by molar-refractivity contribution is 0.460. The maximum absolute atomic E-state index is 13.9. The second-order valence-corrected chi connectivity index (χ2v) is 6.06. The van der Waals surface area contributed by atoms with Crippen molar-refractivity contribution in [2.45, 2.75) is 32.4 Å². The van der Waals surface area contributed by atoms with Gasteiger partial charge in [-0.1, -0.05) is 52.3 Å². The summed E-state index contributed by atoms with van der Waals surface area (Å²) >= 11 is 3.28. The fourth-order valence-corrected chi connectivity index (χ4v) is 2.73. The molecule has 106 valence electrons. The van der Waals surface area contributed by atoms with Crippen LogP contribution in [0, 0.1) is 5.82 Å². The van der Waals surface area contributed by atoms with Crippen molar-refractivity contribution < 1.29 is 4.39 Å². The molecule has 0 amide bonds. The van der Waals surface area contributed by atoms with Crippen molar-refractivity contribution in [3.8, 4) is 0 Å². The van der Waals surface area contributed by atoms with E-state index in [9.17, 15) is 4.39 Å². The van der Waals surface area contributed by atoms with Gasteiger partial charge in [-0.05, 0) is 38.0 Å². The maximum atomic E-state index is 13.9. The fourth-order valence-electron chi connectivity index (χ4n) is 2.40. The zero-order valence-electron chi connectivity index (χ0n) is 11.7. The minimum atomic E-state index is -0.175. The quantitative estimate of drug-likeness (QED) is 0.821. The summed E-state index contributed by atoms with van der Waals surface area (Å²) in [5.41, 5.74) is 1.99. The fraction of sp³-hybridized carbons (Fsp3) is 0.294. The van der Waals surface area contributed by atoms with Crippen LogP contribution in [0.25, 0.3) is 0 Å². The zero-order valence-corrected chi connectivity index (χ0v) is 13.3. The Morgan fingerprint density at radius 1 is 1.10 bits per heavy atom. The summed E-state index contributed by atoms with van der Waals surface area (Å²) in [6, 6.07) is 15.8. The van der Waals surface area contributed by atoms with Crippen molar-refractivity contribution in [3.63, 3.8) is 0 Å². The summed E-state index contributed by atoms with van der Waals surface area (Å²) < 4.78 is 14.7. The molecule has 0 aromatic heterocycles. The first-order chi connectivity index (χ1) is 9.56. The minimum absolute atomic E-state index is 0.0122. The Balaban J connectivity index is 1.98. The summed E-state index contributed by atoms with van der Waals surface area (Å²) in [6.45, 7) is 4.12. The van der Waals surface area contributed by atoms with Gasteiger partial charge in [-0.2, -0.15) is 0 Å². The topological polar surface area (TPSA) is 12.0 Å². The number of hydrogen-bond donors (Lipinski definition) is 1. The first-order valence-corrected chi connectivity index (χ1v) is 7.60. The number of hydrogen-bond acceptors (Lipinski definition) is 1. The summed E-state index contributed by atoms with van der Waals surface area (Å²) in [7, 11) is 0. The van der Waals surface area contributed by atoms with E-state index >= 15 is 0 Å². The van der Waals surface area contributed by atoms with Crippen LogP contribution in [-0.4, -0.2) is 6.04 Å². The van der Waals surface area contributed by atoms with Gasteiger partial charge in [0.05, 0.1) is 0 Å². The van der Waals surface area contributed by atoms with E-state index in [1.807, 2.05) is 37.3 Å².